The number of hydrogen-bond donors (Lipinski definition) is 0. The average Bonchev–Trinajstić information content (AvgIpc) is 2.80. The van der Waals surface area contributed by atoms with Gasteiger partial charge in [-0.25, -0.2) is 0 Å². The Hall–Kier alpha value is -2.61. The molecule has 2 aromatic rings. The molecule has 0 aromatic heterocycles. The maximum atomic E-state index is 14.1. The number of benzene rings is 2. The number of rotatable bonds is 5. The van der Waals surface area contributed by atoms with Crippen molar-refractivity contribution in [2.24, 2.45) is 5.92 Å². The first-order valence-corrected chi connectivity index (χ1v) is 10.9. The second-order valence-corrected chi connectivity index (χ2v) is 8.53. The summed E-state index contributed by atoms with van der Waals surface area (Å²) in [6.07, 6.45) is 2.68. The van der Waals surface area contributed by atoms with Crippen LogP contribution in [-0.4, -0.2) is 42.7 Å². The van der Waals surface area contributed by atoms with Crippen LogP contribution in [-0.2, 0) is 15.1 Å². The van der Waals surface area contributed by atoms with Crippen molar-refractivity contribution < 1.29 is 19.1 Å². The van der Waals surface area contributed by atoms with Crippen LogP contribution in [0.4, 0.5) is 0 Å². The lowest BCUT2D eigenvalue weighted by Gasteiger charge is -2.52. The van der Waals surface area contributed by atoms with E-state index in [2.05, 4.69) is 18.8 Å². The third kappa shape index (κ3) is 3.88. The third-order valence-corrected chi connectivity index (χ3v) is 6.66. The van der Waals surface area contributed by atoms with Crippen molar-refractivity contribution in [3.8, 4) is 11.8 Å². The van der Waals surface area contributed by atoms with Crippen molar-refractivity contribution in [1.82, 2.24) is 0 Å². The van der Waals surface area contributed by atoms with Gasteiger partial charge in [-0.3, -0.25) is 4.79 Å². The lowest BCUT2D eigenvalue weighted by Crippen LogP contribution is -2.65. The number of fused-ring (bicyclic) bond motifs is 3. The summed E-state index contributed by atoms with van der Waals surface area (Å²) in [5.41, 5.74) is -1.23. The Morgan fingerprint density at radius 3 is 2.13 bits per heavy atom. The van der Waals surface area contributed by atoms with Crippen LogP contribution in [0.25, 0.3) is 0 Å². The predicted molar refractivity (Wildman–Crippen MR) is 114 cm³/mol. The average molecular weight is 404 g/mol. The number of quaternary nitrogens is 1. The molecule has 0 radical (unpaired) electrons. The Labute approximate surface area is 179 Å². The van der Waals surface area contributed by atoms with E-state index in [0.717, 1.165) is 49.9 Å². The van der Waals surface area contributed by atoms with E-state index in [1.165, 1.54) is 0 Å². The molecular weight excluding hydrogens is 374 g/mol. The minimum absolute atomic E-state index is 0.218. The number of carbonyl (C=O) groups excluding carboxylic acids is 1. The molecule has 5 rings (SSSR count). The molecular formula is C26H29NO3. The van der Waals surface area contributed by atoms with Gasteiger partial charge < -0.3 is 14.3 Å². The van der Waals surface area contributed by atoms with Crippen molar-refractivity contribution in [3.05, 3.63) is 71.8 Å². The first kappa shape index (κ1) is 20.7. The van der Waals surface area contributed by atoms with E-state index in [9.17, 15) is 9.90 Å². The van der Waals surface area contributed by atoms with Gasteiger partial charge in [-0.15, -0.1) is 0 Å². The van der Waals surface area contributed by atoms with Gasteiger partial charge in [0.1, 0.15) is 13.1 Å². The molecule has 0 N–H and O–H groups in total. The molecule has 3 aliphatic heterocycles. The molecule has 0 spiro atoms. The molecule has 3 heterocycles. The minimum Gasteiger partial charge on any atom is -0.834 e. The van der Waals surface area contributed by atoms with Gasteiger partial charge in [0.2, 0.25) is 0 Å². The van der Waals surface area contributed by atoms with Gasteiger partial charge in [-0.05, 0) is 17.0 Å². The van der Waals surface area contributed by atoms with Crippen LogP contribution in [0.1, 0.15) is 37.3 Å². The zero-order valence-electron chi connectivity index (χ0n) is 17.5. The Morgan fingerprint density at radius 1 is 1.03 bits per heavy atom. The number of nitrogens with zero attached hydrogens (tertiary/aromatic N) is 1. The van der Waals surface area contributed by atoms with Crippen LogP contribution in [0.5, 0.6) is 0 Å². The smallest absolute Gasteiger partial charge is 0.304 e. The van der Waals surface area contributed by atoms with E-state index >= 15 is 0 Å². The largest absolute Gasteiger partial charge is 0.834 e. The second-order valence-electron chi connectivity index (χ2n) is 8.53. The van der Waals surface area contributed by atoms with E-state index < -0.39 is 11.6 Å². The number of esters is 1. The van der Waals surface area contributed by atoms with Gasteiger partial charge >= 0.3 is 5.97 Å². The van der Waals surface area contributed by atoms with Gasteiger partial charge in [0.15, 0.2) is 6.10 Å². The lowest BCUT2D eigenvalue weighted by atomic mass is 9.82. The van der Waals surface area contributed by atoms with Gasteiger partial charge in [0.25, 0.3) is 0 Å². The summed E-state index contributed by atoms with van der Waals surface area (Å²) in [5, 5.41) is 14.1. The fourth-order valence-electron chi connectivity index (χ4n) is 4.89. The molecule has 30 heavy (non-hydrogen) atoms. The van der Waals surface area contributed by atoms with Gasteiger partial charge in [-0.1, -0.05) is 73.5 Å². The second kappa shape index (κ2) is 8.63. The molecule has 0 aliphatic carbocycles. The highest BCUT2D eigenvalue weighted by atomic mass is 16.6. The fourth-order valence-corrected chi connectivity index (χ4v) is 4.89. The number of piperidine rings is 3. The zero-order valence-corrected chi connectivity index (χ0v) is 17.5. The van der Waals surface area contributed by atoms with Gasteiger partial charge in [0.05, 0.1) is 13.1 Å². The summed E-state index contributed by atoms with van der Waals surface area (Å²) in [5.74, 6) is 6.11. The number of carbonyl (C=O) groups is 1. The summed E-state index contributed by atoms with van der Waals surface area (Å²) >= 11 is 0. The normalized spacial score (nSPS) is 25.3. The molecule has 3 aliphatic rings. The van der Waals surface area contributed by atoms with Crippen LogP contribution in [0, 0.1) is 17.8 Å². The van der Waals surface area contributed by atoms with Crippen LogP contribution >= 0.6 is 0 Å². The third-order valence-electron chi connectivity index (χ3n) is 6.66. The molecule has 1 atom stereocenters. The molecule has 2 bridgehead atoms. The van der Waals surface area contributed by atoms with E-state index in [-0.39, 0.29) is 6.10 Å². The van der Waals surface area contributed by atoms with Crippen molar-refractivity contribution in [3.63, 3.8) is 0 Å². The molecule has 4 nitrogen and oxygen atoms in total. The molecule has 3 saturated heterocycles. The Kier molecular flexibility index (Phi) is 5.94. The standard InChI is InChI=1S/C26H29NO3/c1-2-3-10-17-27-18-15-21(16-19-27)24(20-27)30-25(28)26(29,22-11-6-4-7-12-22)23-13-8-5-9-14-23/h4-9,11-14,21,24H,2,15-20H2,1H3. The summed E-state index contributed by atoms with van der Waals surface area (Å²) in [7, 11) is 0. The van der Waals surface area contributed by atoms with E-state index in [0.29, 0.717) is 17.0 Å². The maximum Gasteiger partial charge on any atom is 0.304 e. The maximum absolute atomic E-state index is 14.1. The summed E-state index contributed by atoms with van der Waals surface area (Å²) in [6, 6.07) is 17.7. The highest BCUT2D eigenvalue weighted by Gasteiger charge is 2.48. The lowest BCUT2D eigenvalue weighted by molar-refractivity contribution is -0.939. The van der Waals surface area contributed by atoms with Crippen LogP contribution < -0.4 is 5.11 Å². The SMILES string of the molecule is CCC#CC[N+]12CCC(CC1)C(OC(=O)C([O-])(c1ccccc1)c1ccccc1)C2. The fraction of sp³-hybridized carbons (Fsp3) is 0.423. The first-order valence-electron chi connectivity index (χ1n) is 10.9. The zero-order chi connectivity index (χ0) is 21.0. The Morgan fingerprint density at radius 2 is 1.60 bits per heavy atom. The van der Waals surface area contributed by atoms with Gasteiger partial charge in [-0.2, -0.15) is 0 Å². The Bertz CT molecular complexity index is 882. The molecule has 4 heteroatoms. The predicted octanol–water partition coefficient (Wildman–Crippen LogP) is 2.86. The monoisotopic (exact) mass is 403 g/mol. The topological polar surface area (TPSA) is 49.4 Å². The highest BCUT2D eigenvalue weighted by molar-refractivity contribution is 5.85. The van der Waals surface area contributed by atoms with Crippen molar-refractivity contribution in [2.75, 3.05) is 26.2 Å². The summed E-state index contributed by atoms with van der Waals surface area (Å²) in [4.78, 5) is 13.4. The molecule has 2 aromatic carbocycles. The van der Waals surface area contributed by atoms with Crippen LogP contribution in [0.15, 0.2) is 60.7 Å². The van der Waals surface area contributed by atoms with Crippen molar-refractivity contribution in [2.45, 2.75) is 37.9 Å². The Balaban J connectivity index is 1.59. The molecule has 0 amide bonds. The summed E-state index contributed by atoms with van der Waals surface area (Å²) in [6.45, 7) is 5.78. The van der Waals surface area contributed by atoms with Gasteiger partial charge in [0, 0.05) is 30.8 Å². The molecule has 0 saturated carbocycles. The van der Waals surface area contributed by atoms with Crippen molar-refractivity contribution in [1.29, 1.82) is 0 Å². The van der Waals surface area contributed by atoms with E-state index in [1.54, 1.807) is 48.5 Å². The molecule has 1 unspecified atom stereocenters. The first-order chi connectivity index (χ1) is 14.6. The number of hydrogen-bond acceptors (Lipinski definition) is 3. The minimum atomic E-state index is -2.07. The van der Waals surface area contributed by atoms with Crippen LogP contribution in [0.3, 0.4) is 0 Å². The summed E-state index contributed by atoms with van der Waals surface area (Å²) < 4.78 is 6.89. The van der Waals surface area contributed by atoms with E-state index in [4.69, 9.17) is 4.74 Å². The number of ether oxygens (including phenoxy) is 1. The van der Waals surface area contributed by atoms with E-state index in [1.807, 2.05) is 12.1 Å². The quantitative estimate of drug-likeness (QED) is 0.438. The van der Waals surface area contributed by atoms with Crippen LogP contribution in [0.2, 0.25) is 0 Å². The van der Waals surface area contributed by atoms with Crippen molar-refractivity contribution >= 4 is 5.97 Å². The molecule has 156 valence electrons. The highest BCUT2D eigenvalue weighted by Crippen LogP contribution is 2.37. The molecule has 3 fully saturated rings.